The van der Waals surface area contributed by atoms with E-state index < -0.39 is 0 Å². The van der Waals surface area contributed by atoms with E-state index in [1.807, 2.05) is 24.3 Å². The fourth-order valence-electron chi connectivity index (χ4n) is 2.37. The molecular formula is C15H19N3O2. The molecule has 0 amide bonds. The lowest BCUT2D eigenvalue weighted by atomic mass is 10.1. The summed E-state index contributed by atoms with van der Waals surface area (Å²) in [5.74, 6) is 1.83. The van der Waals surface area contributed by atoms with E-state index in [0.29, 0.717) is 30.3 Å². The molecular weight excluding hydrogens is 254 g/mol. The Balaban J connectivity index is 1.85. The smallest absolute Gasteiger partial charge is 0.249 e. The molecule has 1 heterocycles. The van der Waals surface area contributed by atoms with E-state index in [1.54, 1.807) is 14.0 Å². The fourth-order valence-corrected chi connectivity index (χ4v) is 2.37. The average molecular weight is 273 g/mol. The summed E-state index contributed by atoms with van der Waals surface area (Å²) in [6.07, 6.45) is 2.53. The molecule has 1 unspecified atom stereocenters. The van der Waals surface area contributed by atoms with Crippen LogP contribution in [0, 0.1) is 12.8 Å². The van der Waals surface area contributed by atoms with Gasteiger partial charge in [0.25, 0.3) is 0 Å². The lowest BCUT2D eigenvalue weighted by Gasteiger charge is -2.20. The number of anilines is 1. The Hall–Kier alpha value is -1.88. The van der Waals surface area contributed by atoms with Gasteiger partial charge in [-0.25, -0.2) is 0 Å². The number of benzene rings is 1. The van der Waals surface area contributed by atoms with Crippen molar-refractivity contribution in [3.8, 4) is 11.5 Å². The topological polar surface area (TPSA) is 60.2 Å². The Morgan fingerprint density at radius 2 is 2.15 bits per heavy atom. The molecule has 0 radical (unpaired) electrons. The lowest BCUT2D eigenvalue weighted by molar-refractivity contribution is 0.179. The van der Waals surface area contributed by atoms with E-state index >= 15 is 0 Å². The highest BCUT2D eigenvalue weighted by Gasteiger charge is 2.31. The first kappa shape index (κ1) is 13.1. The molecule has 2 aromatic rings. The van der Waals surface area contributed by atoms with Crippen LogP contribution in [0.1, 0.15) is 18.7 Å². The first-order valence-electron chi connectivity index (χ1n) is 6.93. The summed E-state index contributed by atoms with van der Waals surface area (Å²) >= 11 is 0. The molecule has 1 atom stereocenters. The fraction of sp³-hybridized carbons (Fsp3) is 0.467. The third-order valence-electron chi connectivity index (χ3n) is 3.56. The molecule has 0 spiro atoms. The van der Waals surface area contributed by atoms with Crippen molar-refractivity contribution in [1.82, 2.24) is 10.2 Å². The molecule has 0 aliphatic heterocycles. The van der Waals surface area contributed by atoms with Gasteiger partial charge in [-0.3, -0.25) is 0 Å². The monoisotopic (exact) mass is 273 g/mol. The molecule has 20 heavy (non-hydrogen) atoms. The molecule has 1 fully saturated rings. The number of nitrogens with one attached hydrogen (secondary N) is 1. The van der Waals surface area contributed by atoms with Crippen LogP contribution in [0.2, 0.25) is 0 Å². The maximum absolute atomic E-state index is 5.53. The number of aryl methyl sites for hydroxylation is 1. The number of para-hydroxylation sites is 1. The van der Waals surface area contributed by atoms with E-state index in [2.05, 4.69) is 15.5 Å². The van der Waals surface area contributed by atoms with E-state index in [0.717, 1.165) is 11.3 Å². The molecule has 106 valence electrons. The van der Waals surface area contributed by atoms with Gasteiger partial charge in [-0.2, -0.15) is 0 Å². The minimum Gasteiger partial charge on any atom is -0.421 e. The molecule has 0 bridgehead atoms. The van der Waals surface area contributed by atoms with Crippen molar-refractivity contribution in [2.45, 2.75) is 25.8 Å². The van der Waals surface area contributed by atoms with Crippen LogP contribution in [0.15, 0.2) is 28.7 Å². The molecule has 0 saturated heterocycles. The van der Waals surface area contributed by atoms with Gasteiger partial charge in [0.15, 0.2) is 0 Å². The van der Waals surface area contributed by atoms with Crippen LogP contribution in [0.4, 0.5) is 5.69 Å². The van der Waals surface area contributed by atoms with Crippen molar-refractivity contribution in [3.05, 3.63) is 30.2 Å². The lowest BCUT2D eigenvalue weighted by Crippen LogP contribution is -2.27. The van der Waals surface area contributed by atoms with Crippen LogP contribution >= 0.6 is 0 Å². The highest BCUT2D eigenvalue weighted by atomic mass is 16.5. The Morgan fingerprint density at radius 3 is 2.80 bits per heavy atom. The second-order valence-corrected chi connectivity index (χ2v) is 5.22. The number of methoxy groups -OCH3 is 1. The molecule has 3 rings (SSSR count). The van der Waals surface area contributed by atoms with Crippen molar-refractivity contribution in [1.29, 1.82) is 0 Å². The molecule has 1 saturated carbocycles. The number of hydrogen-bond acceptors (Lipinski definition) is 5. The van der Waals surface area contributed by atoms with Gasteiger partial charge < -0.3 is 14.5 Å². The molecule has 5 nitrogen and oxygen atoms in total. The Morgan fingerprint density at radius 1 is 1.35 bits per heavy atom. The van der Waals surface area contributed by atoms with Gasteiger partial charge in [0.05, 0.1) is 18.2 Å². The summed E-state index contributed by atoms with van der Waals surface area (Å²) in [4.78, 5) is 0. The van der Waals surface area contributed by atoms with Crippen molar-refractivity contribution < 1.29 is 9.15 Å². The maximum atomic E-state index is 5.53. The maximum Gasteiger partial charge on any atom is 0.249 e. The van der Waals surface area contributed by atoms with Crippen LogP contribution < -0.4 is 5.32 Å². The van der Waals surface area contributed by atoms with Crippen molar-refractivity contribution >= 4 is 5.69 Å². The minimum atomic E-state index is 0.338. The van der Waals surface area contributed by atoms with E-state index in [1.165, 1.54) is 12.8 Å². The van der Waals surface area contributed by atoms with E-state index in [4.69, 9.17) is 9.15 Å². The number of nitrogens with zero attached hydrogens (tertiary/aromatic N) is 2. The van der Waals surface area contributed by atoms with Crippen molar-refractivity contribution in [2.24, 2.45) is 5.92 Å². The number of rotatable bonds is 6. The molecule has 1 aliphatic carbocycles. The highest BCUT2D eigenvalue weighted by molar-refractivity contribution is 5.72. The average Bonchev–Trinajstić information content (AvgIpc) is 3.21. The normalized spacial score (nSPS) is 16.1. The van der Waals surface area contributed by atoms with E-state index in [9.17, 15) is 0 Å². The van der Waals surface area contributed by atoms with Gasteiger partial charge in [-0.1, -0.05) is 12.1 Å². The summed E-state index contributed by atoms with van der Waals surface area (Å²) in [7, 11) is 1.74. The summed E-state index contributed by atoms with van der Waals surface area (Å²) in [5.41, 5.74) is 1.96. The zero-order valence-electron chi connectivity index (χ0n) is 11.8. The highest BCUT2D eigenvalue weighted by Crippen LogP contribution is 2.36. The molecule has 1 N–H and O–H groups in total. The quantitative estimate of drug-likeness (QED) is 0.877. The predicted molar refractivity (Wildman–Crippen MR) is 76.5 cm³/mol. The number of ether oxygens (including phenoxy) is 1. The SMILES string of the molecule is COCC(Nc1ccccc1-c1nnc(C)o1)C1CC1. The third-order valence-corrected chi connectivity index (χ3v) is 3.56. The molecule has 5 heteroatoms. The van der Waals surface area contributed by atoms with Crippen molar-refractivity contribution in [3.63, 3.8) is 0 Å². The Bertz CT molecular complexity index is 578. The minimum absolute atomic E-state index is 0.338. The van der Waals surface area contributed by atoms with E-state index in [-0.39, 0.29) is 0 Å². The Kier molecular flexibility index (Phi) is 3.69. The van der Waals surface area contributed by atoms with Gasteiger partial charge in [0, 0.05) is 19.7 Å². The van der Waals surface area contributed by atoms with Crippen LogP contribution in [0.3, 0.4) is 0 Å². The van der Waals surface area contributed by atoms with Crippen LogP contribution in [-0.4, -0.2) is 30.0 Å². The molecule has 1 aromatic carbocycles. The van der Waals surface area contributed by atoms with Gasteiger partial charge in [-0.15, -0.1) is 10.2 Å². The number of hydrogen-bond donors (Lipinski definition) is 1. The van der Waals surface area contributed by atoms with Gasteiger partial charge in [0.1, 0.15) is 0 Å². The molecule has 1 aromatic heterocycles. The second kappa shape index (κ2) is 5.63. The van der Waals surface area contributed by atoms with Crippen molar-refractivity contribution in [2.75, 3.05) is 19.0 Å². The zero-order valence-corrected chi connectivity index (χ0v) is 11.8. The summed E-state index contributed by atoms with van der Waals surface area (Å²) in [5, 5.41) is 11.6. The standard InChI is InChI=1S/C15H19N3O2/c1-10-17-18-15(20-10)12-5-3-4-6-13(12)16-14(9-19-2)11-7-8-11/h3-6,11,14,16H,7-9H2,1-2H3. The van der Waals surface area contributed by atoms with Crippen LogP contribution in [-0.2, 0) is 4.74 Å². The first-order valence-corrected chi connectivity index (χ1v) is 6.93. The number of aromatic nitrogens is 2. The van der Waals surface area contributed by atoms with Crippen LogP contribution in [0.5, 0.6) is 0 Å². The molecule has 1 aliphatic rings. The first-order chi connectivity index (χ1) is 9.78. The summed E-state index contributed by atoms with van der Waals surface area (Å²) < 4.78 is 10.8. The largest absolute Gasteiger partial charge is 0.421 e. The van der Waals surface area contributed by atoms with Gasteiger partial charge in [-0.05, 0) is 30.9 Å². The van der Waals surface area contributed by atoms with Gasteiger partial charge in [0.2, 0.25) is 11.8 Å². The predicted octanol–water partition coefficient (Wildman–Crippen LogP) is 2.88. The Labute approximate surface area is 118 Å². The third kappa shape index (κ3) is 2.82. The van der Waals surface area contributed by atoms with Gasteiger partial charge >= 0.3 is 0 Å². The van der Waals surface area contributed by atoms with Crippen LogP contribution in [0.25, 0.3) is 11.5 Å². The zero-order chi connectivity index (χ0) is 13.9. The second-order valence-electron chi connectivity index (χ2n) is 5.22. The summed E-state index contributed by atoms with van der Waals surface area (Å²) in [6, 6.07) is 8.35. The summed E-state index contributed by atoms with van der Waals surface area (Å²) in [6.45, 7) is 2.51.